The van der Waals surface area contributed by atoms with Gasteiger partial charge in [0.15, 0.2) is 6.61 Å². The van der Waals surface area contributed by atoms with Gasteiger partial charge in [-0.2, -0.15) is 0 Å². The van der Waals surface area contributed by atoms with Gasteiger partial charge in [-0.1, -0.05) is 24.0 Å². The molecule has 1 aliphatic rings. The van der Waals surface area contributed by atoms with Gasteiger partial charge >= 0.3 is 5.97 Å². The van der Waals surface area contributed by atoms with Crippen molar-refractivity contribution in [2.45, 2.75) is 6.92 Å². The van der Waals surface area contributed by atoms with Gasteiger partial charge < -0.3 is 14.8 Å². The molecule has 1 aromatic carbocycles. The summed E-state index contributed by atoms with van der Waals surface area (Å²) in [4.78, 5) is 36.6. The smallest absolute Gasteiger partial charge is 0.338 e. The minimum Gasteiger partial charge on any atom is -0.494 e. The highest BCUT2D eigenvalue weighted by atomic mass is 32.2. The number of carbonyl (C=O) groups is 3. The van der Waals surface area contributed by atoms with Crippen molar-refractivity contribution in [2.24, 2.45) is 0 Å². The Morgan fingerprint density at radius 1 is 1.32 bits per heavy atom. The molecule has 2 amide bonds. The van der Waals surface area contributed by atoms with Crippen LogP contribution in [0.15, 0.2) is 24.3 Å². The second-order valence-electron chi connectivity index (χ2n) is 4.98. The van der Waals surface area contributed by atoms with Crippen LogP contribution in [0.5, 0.6) is 5.75 Å². The Kier molecular flexibility index (Phi) is 7.20. The second kappa shape index (κ2) is 9.38. The number of benzene rings is 1. The molecule has 0 saturated carbocycles. The first-order chi connectivity index (χ1) is 12.0. The first-order valence-corrected chi connectivity index (χ1v) is 9.04. The van der Waals surface area contributed by atoms with E-state index in [0.717, 1.165) is 0 Å². The predicted octanol–water partition coefficient (Wildman–Crippen LogP) is 1.22. The number of ether oxygens (including phenoxy) is 2. The molecule has 0 bridgehead atoms. The van der Waals surface area contributed by atoms with Gasteiger partial charge in [-0.3, -0.25) is 14.5 Å². The Labute approximate surface area is 155 Å². The van der Waals surface area contributed by atoms with Gasteiger partial charge in [0.2, 0.25) is 5.91 Å². The molecule has 0 unspecified atom stereocenters. The van der Waals surface area contributed by atoms with E-state index in [1.807, 2.05) is 6.92 Å². The lowest BCUT2D eigenvalue weighted by Gasteiger charge is -2.15. The fraction of sp³-hybridized carbons (Fsp3) is 0.375. The van der Waals surface area contributed by atoms with Crippen LogP contribution in [0.3, 0.4) is 0 Å². The van der Waals surface area contributed by atoms with Crippen molar-refractivity contribution < 1.29 is 23.9 Å². The maximum absolute atomic E-state index is 11.9. The maximum atomic E-state index is 11.9. The van der Waals surface area contributed by atoms with Crippen molar-refractivity contribution in [1.82, 2.24) is 10.2 Å². The molecule has 0 aromatic heterocycles. The third-order valence-electron chi connectivity index (χ3n) is 3.23. The number of nitrogens with one attached hydrogen (secondary N) is 1. The molecule has 1 aliphatic heterocycles. The van der Waals surface area contributed by atoms with Crippen molar-refractivity contribution in [1.29, 1.82) is 0 Å². The average Bonchev–Trinajstić information content (AvgIpc) is 2.92. The van der Waals surface area contributed by atoms with Crippen LogP contribution in [-0.4, -0.2) is 59.1 Å². The topological polar surface area (TPSA) is 84.9 Å². The summed E-state index contributed by atoms with van der Waals surface area (Å²) in [7, 11) is 0. The minimum atomic E-state index is -0.592. The van der Waals surface area contributed by atoms with Gasteiger partial charge in [0.05, 0.1) is 17.9 Å². The molecule has 25 heavy (non-hydrogen) atoms. The molecule has 0 radical (unpaired) electrons. The third kappa shape index (κ3) is 5.71. The zero-order chi connectivity index (χ0) is 18.2. The molecular formula is C16H18N2O5S2. The lowest BCUT2D eigenvalue weighted by Crippen LogP contribution is -2.38. The zero-order valence-electron chi connectivity index (χ0n) is 13.6. The molecule has 1 fully saturated rings. The summed E-state index contributed by atoms with van der Waals surface area (Å²) in [6, 6.07) is 6.47. The predicted molar refractivity (Wildman–Crippen MR) is 97.7 cm³/mol. The summed E-state index contributed by atoms with van der Waals surface area (Å²) >= 11 is 6.34. The Bertz CT molecular complexity index is 647. The number of hydrogen-bond acceptors (Lipinski definition) is 7. The van der Waals surface area contributed by atoms with E-state index in [1.165, 1.54) is 16.7 Å². The van der Waals surface area contributed by atoms with E-state index in [1.54, 1.807) is 24.3 Å². The average molecular weight is 382 g/mol. The molecule has 2 rings (SSSR count). The van der Waals surface area contributed by atoms with Gasteiger partial charge in [-0.25, -0.2) is 4.79 Å². The van der Waals surface area contributed by atoms with Gasteiger partial charge in [0, 0.05) is 13.1 Å². The first-order valence-electron chi connectivity index (χ1n) is 7.65. The maximum Gasteiger partial charge on any atom is 0.338 e. The summed E-state index contributed by atoms with van der Waals surface area (Å²) in [5.74, 6) is -0.0996. The summed E-state index contributed by atoms with van der Waals surface area (Å²) in [5.41, 5.74) is 0.335. The lowest BCUT2D eigenvalue weighted by molar-refractivity contribution is -0.126. The van der Waals surface area contributed by atoms with Crippen LogP contribution in [0.4, 0.5) is 0 Å². The summed E-state index contributed by atoms with van der Waals surface area (Å²) in [5, 5.41) is 2.58. The van der Waals surface area contributed by atoms with Gasteiger partial charge in [0.25, 0.3) is 5.91 Å². The normalized spacial score (nSPS) is 13.7. The standard InChI is InChI=1S/C16H18N2O5S2/c1-2-22-12-5-3-11(4-6-12)15(21)23-9-13(19)17-7-8-18-14(20)10-25-16(18)24/h3-6H,2,7-10H2,1H3,(H,17,19). The van der Waals surface area contributed by atoms with Crippen molar-refractivity contribution >= 4 is 46.1 Å². The monoisotopic (exact) mass is 382 g/mol. The zero-order valence-corrected chi connectivity index (χ0v) is 15.3. The van der Waals surface area contributed by atoms with Crippen LogP contribution in [-0.2, 0) is 14.3 Å². The number of carbonyl (C=O) groups excluding carboxylic acids is 3. The largest absolute Gasteiger partial charge is 0.494 e. The Morgan fingerprint density at radius 3 is 2.64 bits per heavy atom. The van der Waals surface area contributed by atoms with E-state index in [9.17, 15) is 14.4 Å². The summed E-state index contributed by atoms with van der Waals surface area (Å²) in [6.07, 6.45) is 0. The quantitative estimate of drug-likeness (QED) is 0.534. The van der Waals surface area contributed by atoms with Crippen LogP contribution in [0.25, 0.3) is 0 Å². The summed E-state index contributed by atoms with van der Waals surface area (Å²) in [6.45, 7) is 2.57. The van der Waals surface area contributed by atoms with E-state index >= 15 is 0 Å². The molecule has 134 valence electrons. The van der Waals surface area contributed by atoms with E-state index in [0.29, 0.717) is 34.5 Å². The Hall–Kier alpha value is -2.13. The van der Waals surface area contributed by atoms with Crippen molar-refractivity contribution in [3.8, 4) is 5.75 Å². The molecular weight excluding hydrogens is 364 g/mol. The van der Waals surface area contributed by atoms with Crippen LogP contribution in [0, 0.1) is 0 Å². The van der Waals surface area contributed by atoms with Gasteiger partial charge in [0.1, 0.15) is 10.1 Å². The Balaban J connectivity index is 1.69. The van der Waals surface area contributed by atoms with E-state index in [4.69, 9.17) is 21.7 Å². The molecule has 1 aromatic rings. The van der Waals surface area contributed by atoms with Crippen molar-refractivity contribution in [3.63, 3.8) is 0 Å². The number of amides is 2. The van der Waals surface area contributed by atoms with E-state index in [2.05, 4.69) is 5.32 Å². The highest BCUT2D eigenvalue weighted by Gasteiger charge is 2.25. The molecule has 1 N–H and O–H groups in total. The van der Waals surface area contributed by atoms with Crippen molar-refractivity contribution in [3.05, 3.63) is 29.8 Å². The fourth-order valence-corrected chi connectivity index (χ4v) is 3.15. The molecule has 1 saturated heterocycles. The highest BCUT2D eigenvalue weighted by Crippen LogP contribution is 2.18. The first kappa shape index (κ1) is 19.2. The van der Waals surface area contributed by atoms with Crippen LogP contribution in [0.1, 0.15) is 17.3 Å². The molecule has 9 heteroatoms. The number of thiocarbonyl (C=S) groups is 1. The number of thioether (sulfide) groups is 1. The van der Waals surface area contributed by atoms with Crippen LogP contribution >= 0.6 is 24.0 Å². The fourth-order valence-electron chi connectivity index (χ4n) is 2.02. The van der Waals surface area contributed by atoms with Crippen LogP contribution < -0.4 is 10.1 Å². The van der Waals surface area contributed by atoms with Crippen molar-refractivity contribution in [2.75, 3.05) is 32.1 Å². The molecule has 1 heterocycles. The SMILES string of the molecule is CCOc1ccc(C(=O)OCC(=O)NCCN2C(=O)CSC2=S)cc1. The van der Waals surface area contributed by atoms with E-state index in [-0.39, 0.29) is 19.1 Å². The minimum absolute atomic E-state index is 0.0637. The van der Waals surface area contributed by atoms with E-state index < -0.39 is 11.9 Å². The molecule has 7 nitrogen and oxygen atoms in total. The second-order valence-corrected chi connectivity index (χ2v) is 6.59. The third-order valence-corrected chi connectivity index (χ3v) is 4.67. The molecule has 0 atom stereocenters. The molecule has 0 spiro atoms. The van der Waals surface area contributed by atoms with Gasteiger partial charge in [-0.05, 0) is 31.2 Å². The number of esters is 1. The summed E-state index contributed by atoms with van der Waals surface area (Å²) < 4.78 is 10.8. The number of rotatable bonds is 8. The molecule has 0 aliphatic carbocycles. The highest BCUT2D eigenvalue weighted by molar-refractivity contribution is 8.23. The van der Waals surface area contributed by atoms with Gasteiger partial charge in [-0.15, -0.1) is 0 Å². The van der Waals surface area contributed by atoms with Crippen LogP contribution in [0.2, 0.25) is 0 Å². The number of hydrogen-bond donors (Lipinski definition) is 1. The Morgan fingerprint density at radius 2 is 2.04 bits per heavy atom. The number of nitrogens with zero attached hydrogens (tertiary/aromatic N) is 1. The lowest BCUT2D eigenvalue weighted by atomic mass is 10.2.